The van der Waals surface area contributed by atoms with Crippen molar-refractivity contribution >= 4 is 34.2 Å². The van der Waals surface area contributed by atoms with E-state index in [9.17, 15) is 19.5 Å². The molecule has 8 nitrogen and oxygen atoms in total. The zero-order valence-corrected chi connectivity index (χ0v) is 13.8. The van der Waals surface area contributed by atoms with Crippen LogP contribution in [0.1, 0.15) is 11.1 Å². The normalized spacial score (nSPS) is 9.29. The minimum atomic E-state index is -1.38. The van der Waals surface area contributed by atoms with Crippen molar-refractivity contribution in [1.29, 1.82) is 5.26 Å². The van der Waals surface area contributed by atoms with Gasteiger partial charge in [0.15, 0.2) is 0 Å². The van der Waals surface area contributed by atoms with Crippen molar-refractivity contribution in [2.45, 2.75) is 6.42 Å². The number of hydrogen-bond acceptors (Lipinski definition) is 7. The predicted molar refractivity (Wildman–Crippen MR) is 65.2 cm³/mol. The van der Waals surface area contributed by atoms with E-state index in [2.05, 4.69) is 0 Å². The summed E-state index contributed by atoms with van der Waals surface area (Å²) in [4.78, 5) is 33.0. The Morgan fingerprint density at radius 1 is 1.29 bits per heavy atom. The van der Waals surface area contributed by atoms with Crippen LogP contribution in [0.15, 0.2) is 5.38 Å². The number of anilines is 1. The fourth-order valence-corrected chi connectivity index (χ4v) is 2.57. The topological polar surface area (TPSA) is 142 Å². The smallest absolute Gasteiger partial charge is 0.550 e. The number of carbonyl (C=O) groups excluding carboxylic acids is 1. The van der Waals surface area contributed by atoms with Crippen molar-refractivity contribution < 1.29 is 59.3 Å². The standard InChI is InChI=1S/C11H10N2O6S.Na/c12-2-7-6(1-8(14)15)5-20-11(7)13(3-9(16)17)4-10(18)19;/h5H,1,3-4H2,(H,14,15)(H,16,17)(H,18,19);/q;+1/p-1. The van der Waals surface area contributed by atoms with Crippen LogP contribution in [0, 0.1) is 11.3 Å². The molecule has 0 fully saturated rings. The SMILES string of the molecule is N#Cc1c(CC(=O)[O-])csc1N(CC(=O)O)CC(=O)O.[Na+]. The predicted octanol–water partition coefficient (Wildman–Crippen LogP) is -4.11. The molecule has 1 aromatic rings. The molecule has 0 aliphatic heterocycles. The number of nitrogens with zero attached hydrogens (tertiary/aromatic N) is 2. The largest absolute Gasteiger partial charge is 1.00 e. The molecule has 0 saturated heterocycles. The Morgan fingerprint density at radius 3 is 2.19 bits per heavy atom. The first-order valence-electron chi connectivity index (χ1n) is 5.24. The number of carbonyl (C=O) groups is 3. The van der Waals surface area contributed by atoms with E-state index in [4.69, 9.17) is 15.5 Å². The van der Waals surface area contributed by atoms with E-state index in [-0.39, 0.29) is 45.7 Å². The Balaban J connectivity index is 0.00000400. The zero-order valence-electron chi connectivity index (χ0n) is 11.0. The van der Waals surface area contributed by atoms with Gasteiger partial charge in [0.05, 0.1) is 5.56 Å². The van der Waals surface area contributed by atoms with E-state index in [1.165, 1.54) is 5.38 Å². The van der Waals surface area contributed by atoms with Gasteiger partial charge in [-0.1, -0.05) is 0 Å². The first-order valence-corrected chi connectivity index (χ1v) is 6.12. The summed E-state index contributed by atoms with van der Waals surface area (Å²) in [6, 6.07) is 1.77. The van der Waals surface area contributed by atoms with E-state index in [1.54, 1.807) is 6.07 Å². The molecule has 0 atom stereocenters. The maximum atomic E-state index is 10.7. The van der Waals surface area contributed by atoms with E-state index < -0.39 is 37.4 Å². The van der Waals surface area contributed by atoms with E-state index in [0.717, 1.165) is 16.2 Å². The quantitative estimate of drug-likeness (QED) is 0.483. The van der Waals surface area contributed by atoms with E-state index in [1.807, 2.05) is 0 Å². The Hall–Kier alpha value is -1.60. The van der Waals surface area contributed by atoms with Gasteiger partial charge < -0.3 is 25.0 Å². The summed E-state index contributed by atoms with van der Waals surface area (Å²) in [6.07, 6.45) is -0.493. The van der Waals surface area contributed by atoms with Crippen molar-refractivity contribution in [3.63, 3.8) is 0 Å². The van der Waals surface area contributed by atoms with Gasteiger partial charge in [0.2, 0.25) is 0 Å². The molecule has 1 aromatic heterocycles. The number of hydrogen-bond donors (Lipinski definition) is 2. The van der Waals surface area contributed by atoms with Crippen LogP contribution in [0.2, 0.25) is 0 Å². The van der Waals surface area contributed by atoms with Gasteiger partial charge in [-0.3, -0.25) is 9.59 Å². The second kappa shape index (κ2) is 8.63. The van der Waals surface area contributed by atoms with Gasteiger partial charge in [-0.25, -0.2) is 0 Å². The number of carboxylic acid groups (broad SMARTS) is 3. The summed E-state index contributed by atoms with van der Waals surface area (Å²) in [6.45, 7) is -1.21. The molecule has 1 heterocycles. The first kappa shape index (κ1) is 19.4. The minimum absolute atomic E-state index is 0. The first-order chi connectivity index (χ1) is 9.35. The summed E-state index contributed by atoms with van der Waals surface area (Å²) < 4.78 is 0. The summed E-state index contributed by atoms with van der Waals surface area (Å²) >= 11 is 0.920. The number of rotatable bonds is 7. The molecule has 106 valence electrons. The fourth-order valence-electron chi connectivity index (χ4n) is 1.55. The molecule has 0 aliphatic carbocycles. The van der Waals surface area contributed by atoms with Crippen LogP contribution in [0.4, 0.5) is 5.00 Å². The molecule has 0 bridgehead atoms. The Kier molecular flexibility index (Phi) is 7.98. The molecule has 0 saturated carbocycles. The van der Waals surface area contributed by atoms with Gasteiger partial charge in [-0.2, -0.15) is 5.26 Å². The van der Waals surface area contributed by atoms with Crippen LogP contribution in [0.5, 0.6) is 0 Å². The van der Waals surface area contributed by atoms with Gasteiger partial charge in [0, 0.05) is 12.4 Å². The third-order valence-corrected chi connectivity index (χ3v) is 3.32. The van der Waals surface area contributed by atoms with Crippen LogP contribution in [-0.2, 0) is 20.8 Å². The average molecular weight is 320 g/mol. The molecule has 0 aliphatic rings. The fraction of sp³-hybridized carbons (Fsp3) is 0.273. The molecular formula is C11H9N2NaO6S. The number of carboxylic acids is 3. The molecule has 0 radical (unpaired) electrons. The molecule has 0 amide bonds. The zero-order chi connectivity index (χ0) is 15.3. The van der Waals surface area contributed by atoms with Crippen LogP contribution in [0.25, 0.3) is 0 Å². The molecule has 10 heteroatoms. The maximum Gasteiger partial charge on any atom is 1.00 e. The van der Waals surface area contributed by atoms with E-state index >= 15 is 0 Å². The van der Waals surface area contributed by atoms with Gasteiger partial charge in [-0.05, 0) is 10.9 Å². The summed E-state index contributed by atoms with van der Waals surface area (Å²) in [5, 5.41) is 38.6. The average Bonchev–Trinajstić information content (AvgIpc) is 2.68. The van der Waals surface area contributed by atoms with Gasteiger partial charge in [0.25, 0.3) is 0 Å². The summed E-state index contributed by atoms with van der Waals surface area (Å²) in [5.74, 6) is -3.90. The molecule has 2 N–H and O–H groups in total. The molecule has 1 rings (SSSR count). The third kappa shape index (κ3) is 5.73. The molecule has 0 aromatic carbocycles. The van der Waals surface area contributed by atoms with Crippen LogP contribution in [-0.4, -0.2) is 41.2 Å². The number of thiophene rings is 1. The van der Waals surface area contributed by atoms with Crippen LogP contribution >= 0.6 is 11.3 Å². The van der Waals surface area contributed by atoms with Crippen molar-refractivity contribution in [2.75, 3.05) is 18.0 Å². The van der Waals surface area contributed by atoms with Crippen molar-refractivity contribution in [1.82, 2.24) is 0 Å². The number of aliphatic carboxylic acids is 3. The summed E-state index contributed by atoms with van der Waals surface area (Å²) in [5.41, 5.74) is 0.134. The third-order valence-electron chi connectivity index (χ3n) is 2.23. The molecule has 0 unspecified atom stereocenters. The van der Waals surface area contributed by atoms with Gasteiger partial charge >= 0.3 is 41.5 Å². The Labute approximate surface area is 145 Å². The molecular weight excluding hydrogens is 311 g/mol. The molecule has 21 heavy (non-hydrogen) atoms. The Morgan fingerprint density at radius 2 is 1.81 bits per heavy atom. The van der Waals surface area contributed by atoms with E-state index in [0.29, 0.717) is 0 Å². The minimum Gasteiger partial charge on any atom is -0.550 e. The second-order valence-electron chi connectivity index (χ2n) is 3.75. The second-order valence-corrected chi connectivity index (χ2v) is 4.60. The monoisotopic (exact) mass is 320 g/mol. The van der Waals surface area contributed by atoms with Gasteiger partial charge in [0.1, 0.15) is 24.2 Å². The van der Waals surface area contributed by atoms with Crippen LogP contribution < -0.4 is 39.6 Å². The summed E-state index contributed by atoms with van der Waals surface area (Å²) in [7, 11) is 0. The number of nitriles is 1. The van der Waals surface area contributed by atoms with Crippen LogP contribution in [0.3, 0.4) is 0 Å². The van der Waals surface area contributed by atoms with Gasteiger partial charge in [-0.15, -0.1) is 11.3 Å². The maximum absolute atomic E-state index is 10.7. The van der Waals surface area contributed by atoms with Crippen molar-refractivity contribution in [3.05, 3.63) is 16.5 Å². The van der Waals surface area contributed by atoms with Crippen molar-refractivity contribution in [2.24, 2.45) is 0 Å². The van der Waals surface area contributed by atoms with Crippen molar-refractivity contribution in [3.8, 4) is 6.07 Å². The Bertz CT molecular complexity index is 578. The molecule has 0 spiro atoms.